The van der Waals surface area contributed by atoms with E-state index in [1.54, 1.807) is 6.20 Å². The summed E-state index contributed by atoms with van der Waals surface area (Å²) in [6.07, 6.45) is 5.75. The zero-order valence-electron chi connectivity index (χ0n) is 21.1. The molecular weight excluding hydrogens is 506 g/mol. The molecule has 1 aromatic heterocycles. The lowest BCUT2D eigenvalue weighted by atomic mass is 10.0. The molecule has 1 saturated heterocycles. The van der Waals surface area contributed by atoms with E-state index in [0.717, 1.165) is 54.6 Å². The largest absolute Gasteiger partial charge is 0.381 e. The number of carbonyl (C=O) groups is 1. The molecule has 1 aromatic carbocycles. The molecule has 0 radical (unpaired) electrons. The molecule has 4 N–H and O–H groups in total. The van der Waals surface area contributed by atoms with Crippen molar-refractivity contribution in [3.63, 3.8) is 0 Å². The van der Waals surface area contributed by atoms with Gasteiger partial charge < -0.3 is 21.3 Å². The summed E-state index contributed by atoms with van der Waals surface area (Å²) in [5, 5.41) is 13.6. The minimum atomic E-state index is -0.0550. The minimum Gasteiger partial charge on any atom is -0.381 e. The van der Waals surface area contributed by atoms with Gasteiger partial charge in [0.05, 0.1) is 10.4 Å². The van der Waals surface area contributed by atoms with Crippen LogP contribution < -0.4 is 21.3 Å². The smallest absolute Gasteiger partial charge is 0.229 e. The predicted molar refractivity (Wildman–Crippen MR) is 146 cm³/mol. The van der Waals surface area contributed by atoms with E-state index in [-0.39, 0.29) is 23.9 Å². The molecule has 4 rings (SSSR count). The summed E-state index contributed by atoms with van der Waals surface area (Å²) < 4.78 is 0.782. The standard InChI is InChI=1S/C26H38BrN7O/c1-16(2)29-25(35)21-9-6-10-23(21)32-24-22(27)14-28-26(33-24)31-19-8-5-7-18(13-19)30-20-11-12-34(15-20)17(3)4/h5,7-8,13-14,16-17,20-21,23,30H,6,9-12,15H2,1-4H3,(H,29,35)(H2,28,31,32,33)/t20-,21+,23-/m1/s1. The zero-order valence-corrected chi connectivity index (χ0v) is 22.7. The molecule has 0 spiro atoms. The van der Waals surface area contributed by atoms with Crippen LogP contribution in [0.25, 0.3) is 0 Å². The van der Waals surface area contributed by atoms with Crippen LogP contribution in [0.2, 0.25) is 0 Å². The van der Waals surface area contributed by atoms with Crippen LogP contribution in [0.4, 0.5) is 23.1 Å². The SMILES string of the molecule is CC(C)NC(=O)[C@H]1CCC[C@H]1Nc1nc(Nc2cccc(N[C@@H]3CCN(C(C)C)C3)c2)ncc1Br. The molecule has 0 unspecified atom stereocenters. The van der Waals surface area contributed by atoms with Gasteiger partial charge in [0.15, 0.2) is 0 Å². The van der Waals surface area contributed by atoms with Gasteiger partial charge in [0, 0.05) is 54.8 Å². The number of carbonyl (C=O) groups excluding carboxylic acids is 1. The molecule has 2 aromatic rings. The summed E-state index contributed by atoms with van der Waals surface area (Å²) in [7, 11) is 0. The molecule has 1 saturated carbocycles. The maximum Gasteiger partial charge on any atom is 0.229 e. The van der Waals surface area contributed by atoms with Crippen LogP contribution >= 0.6 is 15.9 Å². The molecule has 9 heteroatoms. The number of likely N-dealkylation sites (tertiary alicyclic amines) is 1. The lowest BCUT2D eigenvalue weighted by molar-refractivity contribution is -0.125. The average Bonchev–Trinajstić information content (AvgIpc) is 3.46. The maximum atomic E-state index is 12.6. The first-order chi connectivity index (χ1) is 16.8. The van der Waals surface area contributed by atoms with Gasteiger partial charge in [-0.15, -0.1) is 0 Å². The molecule has 35 heavy (non-hydrogen) atoms. The Kier molecular flexibility index (Phi) is 8.49. The monoisotopic (exact) mass is 543 g/mol. The number of benzene rings is 1. The summed E-state index contributed by atoms with van der Waals surface area (Å²) in [4.78, 5) is 24.3. The van der Waals surface area contributed by atoms with E-state index >= 15 is 0 Å². The van der Waals surface area contributed by atoms with Crippen molar-refractivity contribution in [2.75, 3.05) is 29.0 Å². The summed E-state index contributed by atoms with van der Waals surface area (Å²) in [6, 6.07) is 9.48. The average molecular weight is 545 g/mol. The third-order valence-electron chi connectivity index (χ3n) is 6.79. The molecule has 1 aliphatic heterocycles. The molecule has 1 aliphatic carbocycles. The van der Waals surface area contributed by atoms with Crippen molar-refractivity contribution in [2.45, 2.75) is 77.5 Å². The van der Waals surface area contributed by atoms with Crippen molar-refractivity contribution >= 4 is 45.0 Å². The van der Waals surface area contributed by atoms with E-state index in [4.69, 9.17) is 4.98 Å². The quantitative estimate of drug-likeness (QED) is 0.354. The highest BCUT2D eigenvalue weighted by Crippen LogP contribution is 2.31. The summed E-state index contributed by atoms with van der Waals surface area (Å²) in [5.74, 6) is 1.27. The van der Waals surface area contributed by atoms with Crippen molar-refractivity contribution in [3.05, 3.63) is 34.9 Å². The predicted octanol–water partition coefficient (Wildman–Crippen LogP) is 4.98. The maximum absolute atomic E-state index is 12.6. The molecule has 190 valence electrons. The summed E-state index contributed by atoms with van der Waals surface area (Å²) >= 11 is 3.57. The van der Waals surface area contributed by atoms with Gasteiger partial charge in [-0.2, -0.15) is 4.98 Å². The van der Waals surface area contributed by atoms with Gasteiger partial charge >= 0.3 is 0 Å². The lowest BCUT2D eigenvalue weighted by Gasteiger charge is -2.23. The van der Waals surface area contributed by atoms with Crippen LogP contribution in [0.15, 0.2) is 34.9 Å². The van der Waals surface area contributed by atoms with Crippen LogP contribution in [0.5, 0.6) is 0 Å². The molecule has 2 aliphatic rings. The van der Waals surface area contributed by atoms with Gasteiger partial charge in [0.1, 0.15) is 5.82 Å². The van der Waals surface area contributed by atoms with Gasteiger partial charge in [-0.1, -0.05) is 12.5 Å². The third-order valence-corrected chi connectivity index (χ3v) is 7.37. The zero-order chi connectivity index (χ0) is 24.9. The fourth-order valence-electron chi connectivity index (χ4n) is 4.97. The Morgan fingerprint density at radius 2 is 1.91 bits per heavy atom. The second-order valence-corrected chi connectivity index (χ2v) is 11.1. The number of anilines is 4. The molecule has 8 nitrogen and oxygen atoms in total. The highest BCUT2D eigenvalue weighted by molar-refractivity contribution is 9.10. The van der Waals surface area contributed by atoms with Gasteiger partial charge in [-0.05, 0) is 81.1 Å². The molecule has 3 atom stereocenters. The minimum absolute atomic E-state index is 0.0529. The molecule has 2 fully saturated rings. The van der Waals surface area contributed by atoms with Crippen LogP contribution in [-0.2, 0) is 4.79 Å². The second kappa shape index (κ2) is 11.6. The van der Waals surface area contributed by atoms with Gasteiger partial charge in [0.25, 0.3) is 0 Å². The fourth-order valence-corrected chi connectivity index (χ4v) is 5.27. The van der Waals surface area contributed by atoms with E-state index in [2.05, 4.69) is 73.1 Å². The highest BCUT2D eigenvalue weighted by atomic mass is 79.9. The first-order valence-electron chi connectivity index (χ1n) is 12.8. The number of halogens is 1. The normalized spacial score (nSPS) is 22.5. The Morgan fingerprint density at radius 3 is 2.66 bits per heavy atom. The number of hydrogen-bond acceptors (Lipinski definition) is 7. The van der Waals surface area contributed by atoms with Crippen molar-refractivity contribution in [3.8, 4) is 0 Å². The number of nitrogens with zero attached hydrogens (tertiary/aromatic N) is 3. The Balaban J connectivity index is 1.40. The number of aromatic nitrogens is 2. The summed E-state index contributed by atoms with van der Waals surface area (Å²) in [6.45, 7) is 10.7. The van der Waals surface area contributed by atoms with Gasteiger partial charge in [-0.3, -0.25) is 9.69 Å². The number of rotatable bonds is 9. The van der Waals surface area contributed by atoms with E-state index in [9.17, 15) is 4.79 Å². The van der Waals surface area contributed by atoms with E-state index in [1.165, 1.54) is 0 Å². The first-order valence-corrected chi connectivity index (χ1v) is 13.5. The molecule has 1 amide bonds. The second-order valence-electron chi connectivity index (χ2n) is 10.3. The van der Waals surface area contributed by atoms with Crippen molar-refractivity contribution < 1.29 is 4.79 Å². The summed E-state index contributed by atoms with van der Waals surface area (Å²) in [5.41, 5.74) is 2.02. The Morgan fingerprint density at radius 1 is 1.11 bits per heavy atom. The molecular formula is C26H38BrN7O. The van der Waals surface area contributed by atoms with Crippen molar-refractivity contribution in [1.82, 2.24) is 20.2 Å². The van der Waals surface area contributed by atoms with Crippen LogP contribution in [0.3, 0.4) is 0 Å². The molecule has 2 heterocycles. The topological polar surface area (TPSA) is 94.2 Å². The Labute approximate surface area is 217 Å². The lowest BCUT2D eigenvalue weighted by Crippen LogP contribution is -2.41. The van der Waals surface area contributed by atoms with Gasteiger partial charge in [-0.25, -0.2) is 4.98 Å². The van der Waals surface area contributed by atoms with Crippen molar-refractivity contribution in [1.29, 1.82) is 0 Å². The van der Waals surface area contributed by atoms with Crippen LogP contribution in [0, 0.1) is 5.92 Å². The van der Waals surface area contributed by atoms with Crippen LogP contribution in [0.1, 0.15) is 53.4 Å². The van der Waals surface area contributed by atoms with E-state index in [1.807, 2.05) is 26.0 Å². The first kappa shape index (κ1) is 25.7. The molecule has 0 bridgehead atoms. The van der Waals surface area contributed by atoms with Crippen molar-refractivity contribution in [2.24, 2.45) is 5.92 Å². The Bertz CT molecular complexity index is 1010. The fraction of sp³-hybridized carbons (Fsp3) is 0.577. The highest BCUT2D eigenvalue weighted by Gasteiger charge is 2.33. The number of nitrogens with one attached hydrogen (secondary N) is 4. The Hall–Kier alpha value is -2.39. The van der Waals surface area contributed by atoms with E-state index in [0.29, 0.717) is 23.8 Å². The number of hydrogen-bond donors (Lipinski definition) is 4. The third kappa shape index (κ3) is 6.85. The van der Waals surface area contributed by atoms with E-state index < -0.39 is 0 Å². The number of amides is 1. The van der Waals surface area contributed by atoms with Gasteiger partial charge in [0.2, 0.25) is 11.9 Å². The van der Waals surface area contributed by atoms with Crippen LogP contribution in [-0.4, -0.2) is 58.0 Å².